The number of aromatic nitrogens is 1. The normalized spacial score (nSPS) is 19.5. The summed E-state index contributed by atoms with van der Waals surface area (Å²) in [6.45, 7) is 3.69. The fourth-order valence-corrected chi connectivity index (χ4v) is 2.08. The molecule has 1 atom stereocenters. The highest BCUT2D eigenvalue weighted by atomic mass is 16.5. The van der Waals surface area contributed by atoms with E-state index in [9.17, 15) is 0 Å². The summed E-state index contributed by atoms with van der Waals surface area (Å²) in [5.41, 5.74) is 1.11. The fraction of sp³-hybridized carbons (Fsp3) is 0.615. The highest BCUT2D eigenvalue weighted by Gasteiger charge is 2.14. The molecule has 2 heterocycles. The average Bonchev–Trinajstić information content (AvgIpc) is 2.88. The fourth-order valence-electron chi connectivity index (χ4n) is 2.08. The van der Waals surface area contributed by atoms with E-state index in [0.717, 1.165) is 37.8 Å². The summed E-state index contributed by atoms with van der Waals surface area (Å²) < 4.78 is 10.6. The molecule has 1 aliphatic heterocycles. The predicted molar refractivity (Wildman–Crippen MR) is 66.0 cm³/mol. The topological polar surface area (TPSA) is 43.4 Å². The van der Waals surface area contributed by atoms with Crippen molar-refractivity contribution in [3.63, 3.8) is 0 Å². The molecule has 94 valence electrons. The molecule has 17 heavy (non-hydrogen) atoms. The Bertz CT molecular complexity index is 338. The zero-order chi connectivity index (χ0) is 11.9. The van der Waals surface area contributed by atoms with E-state index < -0.39 is 0 Å². The van der Waals surface area contributed by atoms with Crippen LogP contribution < -0.4 is 10.1 Å². The van der Waals surface area contributed by atoms with Gasteiger partial charge in [-0.15, -0.1) is 0 Å². The van der Waals surface area contributed by atoms with E-state index in [-0.39, 0.29) is 0 Å². The van der Waals surface area contributed by atoms with Gasteiger partial charge < -0.3 is 14.8 Å². The molecule has 4 heteroatoms. The minimum absolute atomic E-state index is 0.712. The molecule has 0 aromatic carbocycles. The van der Waals surface area contributed by atoms with Crippen LogP contribution in [0, 0.1) is 5.92 Å². The van der Waals surface area contributed by atoms with Gasteiger partial charge in [0.05, 0.1) is 7.11 Å². The number of rotatable bonds is 6. The smallest absolute Gasteiger partial charge is 0.217 e. The number of hydrogen-bond donors (Lipinski definition) is 1. The monoisotopic (exact) mass is 236 g/mol. The van der Waals surface area contributed by atoms with Gasteiger partial charge in [0.1, 0.15) is 0 Å². The first-order valence-corrected chi connectivity index (χ1v) is 6.16. The second-order valence-corrected chi connectivity index (χ2v) is 4.37. The van der Waals surface area contributed by atoms with Crippen LogP contribution in [0.15, 0.2) is 18.3 Å². The molecule has 0 bridgehead atoms. The Hall–Kier alpha value is -1.13. The first-order chi connectivity index (χ1) is 8.40. The van der Waals surface area contributed by atoms with Crippen LogP contribution >= 0.6 is 0 Å². The molecule has 1 saturated heterocycles. The van der Waals surface area contributed by atoms with Crippen molar-refractivity contribution < 1.29 is 9.47 Å². The Morgan fingerprint density at radius 2 is 2.53 bits per heavy atom. The SMILES string of the molecule is COc1ncccc1CNCCC1CCOC1. The molecular weight excluding hydrogens is 216 g/mol. The lowest BCUT2D eigenvalue weighted by molar-refractivity contribution is 0.184. The van der Waals surface area contributed by atoms with Crippen molar-refractivity contribution in [2.75, 3.05) is 26.9 Å². The highest BCUT2D eigenvalue weighted by molar-refractivity contribution is 5.24. The second kappa shape index (κ2) is 6.57. The van der Waals surface area contributed by atoms with Gasteiger partial charge in [-0.2, -0.15) is 0 Å². The molecule has 1 fully saturated rings. The molecular formula is C13H20N2O2. The number of nitrogens with zero attached hydrogens (tertiary/aromatic N) is 1. The van der Waals surface area contributed by atoms with Crippen LogP contribution in [0.2, 0.25) is 0 Å². The number of methoxy groups -OCH3 is 1. The molecule has 0 aliphatic carbocycles. The molecule has 0 saturated carbocycles. The van der Waals surface area contributed by atoms with Crippen molar-refractivity contribution in [3.8, 4) is 5.88 Å². The van der Waals surface area contributed by atoms with Crippen LogP contribution in [0.1, 0.15) is 18.4 Å². The van der Waals surface area contributed by atoms with Gasteiger partial charge in [0.25, 0.3) is 0 Å². The third kappa shape index (κ3) is 3.68. The maximum absolute atomic E-state index is 5.35. The zero-order valence-corrected chi connectivity index (χ0v) is 10.3. The molecule has 0 radical (unpaired) electrons. The minimum Gasteiger partial charge on any atom is -0.481 e. The van der Waals surface area contributed by atoms with Crippen molar-refractivity contribution in [2.24, 2.45) is 5.92 Å². The third-order valence-corrected chi connectivity index (χ3v) is 3.11. The Labute approximate surface area is 102 Å². The van der Waals surface area contributed by atoms with Crippen LogP contribution in [0.25, 0.3) is 0 Å². The van der Waals surface area contributed by atoms with Crippen LogP contribution in [0.5, 0.6) is 5.88 Å². The largest absolute Gasteiger partial charge is 0.481 e. The van der Waals surface area contributed by atoms with E-state index in [1.165, 1.54) is 12.8 Å². The summed E-state index contributed by atoms with van der Waals surface area (Å²) in [5.74, 6) is 1.45. The summed E-state index contributed by atoms with van der Waals surface area (Å²) in [5, 5.41) is 3.43. The van der Waals surface area contributed by atoms with Crippen LogP contribution in [-0.4, -0.2) is 31.9 Å². The van der Waals surface area contributed by atoms with E-state index in [1.54, 1.807) is 13.3 Å². The van der Waals surface area contributed by atoms with Crippen molar-refractivity contribution in [3.05, 3.63) is 23.9 Å². The molecule has 1 aliphatic rings. The summed E-state index contributed by atoms with van der Waals surface area (Å²) in [6.07, 6.45) is 4.14. The van der Waals surface area contributed by atoms with E-state index in [0.29, 0.717) is 5.88 Å². The lowest BCUT2D eigenvalue weighted by Gasteiger charge is -2.10. The summed E-state index contributed by atoms with van der Waals surface area (Å²) in [7, 11) is 1.65. The third-order valence-electron chi connectivity index (χ3n) is 3.11. The van der Waals surface area contributed by atoms with Gasteiger partial charge in [-0.1, -0.05) is 6.07 Å². The summed E-state index contributed by atoms with van der Waals surface area (Å²) in [6, 6.07) is 3.97. The second-order valence-electron chi connectivity index (χ2n) is 4.37. The van der Waals surface area contributed by atoms with Crippen molar-refractivity contribution in [2.45, 2.75) is 19.4 Å². The van der Waals surface area contributed by atoms with Crippen LogP contribution in [-0.2, 0) is 11.3 Å². The number of nitrogens with one attached hydrogen (secondary N) is 1. The zero-order valence-electron chi connectivity index (χ0n) is 10.3. The first-order valence-electron chi connectivity index (χ1n) is 6.16. The maximum Gasteiger partial charge on any atom is 0.217 e. The van der Waals surface area contributed by atoms with E-state index >= 15 is 0 Å². The Kier molecular flexibility index (Phi) is 4.76. The van der Waals surface area contributed by atoms with Gasteiger partial charge in [-0.25, -0.2) is 4.98 Å². The molecule has 2 rings (SSSR count). The Morgan fingerprint density at radius 3 is 3.29 bits per heavy atom. The van der Waals surface area contributed by atoms with Crippen molar-refractivity contribution in [1.29, 1.82) is 0 Å². The lowest BCUT2D eigenvalue weighted by Crippen LogP contribution is -2.18. The minimum atomic E-state index is 0.712. The van der Waals surface area contributed by atoms with Crippen LogP contribution in [0.3, 0.4) is 0 Å². The van der Waals surface area contributed by atoms with Crippen LogP contribution in [0.4, 0.5) is 0 Å². The van der Waals surface area contributed by atoms with E-state index in [1.807, 2.05) is 12.1 Å². The van der Waals surface area contributed by atoms with Gasteiger partial charge in [-0.05, 0) is 31.4 Å². The number of ether oxygens (including phenoxy) is 2. The Balaban J connectivity index is 1.70. The molecule has 1 aromatic heterocycles. The average molecular weight is 236 g/mol. The summed E-state index contributed by atoms with van der Waals surface area (Å²) in [4.78, 5) is 4.17. The molecule has 1 unspecified atom stereocenters. The van der Waals surface area contributed by atoms with Gasteiger partial charge in [0.2, 0.25) is 5.88 Å². The molecule has 0 amide bonds. The van der Waals surface area contributed by atoms with Gasteiger partial charge in [-0.3, -0.25) is 0 Å². The van der Waals surface area contributed by atoms with Gasteiger partial charge in [0.15, 0.2) is 0 Å². The maximum atomic E-state index is 5.35. The number of pyridine rings is 1. The molecule has 1 aromatic rings. The Morgan fingerprint density at radius 1 is 1.59 bits per heavy atom. The first kappa shape index (κ1) is 12.3. The molecule has 1 N–H and O–H groups in total. The van der Waals surface area contributed by atoms with Gasteiger partial charge >= 0.3 is 0 Å². The highest BCUT2D eigenvalue weighted by Crippen LogP contribution is 2.16. The van der Waals surface area contributed by atoms with Gasteiger partial charge in [0, 0.05) is 31.5 Å². The van der Waals surface area contributed by atoms with E-state index in [2.05, 4.69) is 10.3 Å². The van der Waals surface area contributed by atoms with Crippen molar-refractivity contribution in [1.82, 2.24) is 10.3 Å². The quantitative estimate of drug-likeness (QED) is 0.762. The molecule has 4 nitrogen and oxygen atoms in total. The van der Waals surface area contributed by atoms with Crippen molar-refractivity contribution >= 4 is 0 Å². The predicted octanol–water partition coefficient (Wildman–Crippen LogP) is 1.61. The molecule has 0 spiro atoms. The summed E-state index contributed by atoms with van der Waals surface area (Å²) >= 11 is 0. The number of hydrogen-bond acceptors (Lipinski definition) is 4. The van der Waals surface area contributed by atoms with E-state index in [4.69, 9.17) is 9.47 Å². The lowest BCUT2D eigenvalue weighted by atomic mass is 10.1. The standard InChI is InChI=1S/C13H20N2O2/c1-16-13-12(3-2-6-15-13)9-14-7-4-11-5-8-17-10-11/h2-3,6,11,14H,4-5,7-10H2,1H3.